The van der Waals surface area contributed by atoms with Crippen molar-refractivity contribution in [1.29, 1.82) is 0 Å². The highest BCUT2D eigenvalue weighted by Crippen LogP contribution is 2.14. The zero-order valence-corrected chi connectivity index (χ0v) is 10.0. The minimum absolute atomic E-state index is 0.112. The summed E-state index contributed by atoms with van der Waals surface area (Å²) in [6.07, 6.45) is 1.48. The molecule has 0 radical (unpaired) electrons. The third-order valence-corrected chi connectivity index (χ3v) is 3.61. The Morgan fingerprint density at radius 3 is 3.06 bits per heavy atom. The zero-order chi connectivity index (χ0) is 12.3. The van der Waals surface area contributed by atoms with Crippen molar-refractivity contribution < 1.29 is 14.7 Å². The smallest absolute Gasteiger partial charge is 0.336 e. The third kappa shape index (κ3) is 3.28. The van der Waals surface area contributed by atoms with Crippen LogP contribution < -0.4 is 10.6 Å². The lowest BCUT2D eigenvalue weighted by Crippen LogP contribution is -2.35. The number of carboxylic acids is 1. The van der Waals surface area contributed by atoms with Gasteiger partial charge in [-0.2, -0.15) is 0 Å². The maximum Gasteiger partial charge on any atom is 0.336 e. The van der Waals surface area contributed by atoms with Crippen LogP contribution in [0.4, 0.5) is 0 Å². The van der Waals surface area contributed by atoms with E-state index < -0.39 is 5.97 Å². The number of nitrogens with one attached hydrogen (secondary N) is 2. The highest BCUT2D eigenvalue weighted by molar-refractivity contribution is 7.10. The van der Waals surface area contributed by atoms with Crippen molar-refractivity contribution in [3.05, 3.63) is 21.9 Å². The molecule has 5 nitrogen and oxygen atoms in total. The standard InChI is InChI=1S/C11H14N2O3S/c14-10-2-1-8(13-10)4-12-5-9-3-7(6-17-9)11(15)16/h3,6,8,12H,1-2,4-5H2,(H,13,14)(H,15,16). The molecule has 6 heteroatoms. The molecule has 1 unspecified atom stereocenters. The first kappa shape index (κ1) is 12.1. The van der Waals surface area contributed by atoms with Gasteiger partial charge in [-0.05, 0) is 12.5 Å². The second-order valence-corrected chi connectivity index (χ2v) is 5.04. The predicted octanol–water partition coefficient (Wildman–Crippen LogP) is 0.815. The number of amides is 1. The van der Waals surface area contributed by atoms with E-state index in [9.17, 15) is 9.59 Å². The maximum atomic E-state index is 11.0. The largest absolute Gasteiger partial charge is 0.478 e. The highest BCUT2D eigenvalue weighted by Gasteiger charge is 2.19. The Labute approximate surface area is 103 Å². The first-order chi connectivity index (χ1) is 8.15. The van der Waals surface area contributed by atoms with Crippen molar-refractivity contribution >= 4 is 23.2 Å². The van der Waals surface area contributed by atoms with Gasteiger partial charge in [0.15, 0.2) is 0 Å². The van der Waals surface area contributed by atoms with Gasteiger partial charge in [-0.15, -0.1) is 11.3 Å². The molecule has 1 aliphatic rings. The lowest BCUT2D eigenvalue weighted by atomic mass is 10.2. The molecule has 0 aromatic carbocycles. The van der Waals surface area contributed by atoms with Crippen molar-refractivity contribution in [3.63, 3.8) is 0 Å². The summed E-state index contributed by atoms with van der Waals surface area (Å²) in [5.74, 6) is -0.781. The highest BCUT2D eigenvalue weighted by atomic mass is 32.1. The number of thiophene rings is 1. The van der Waals surface area contributed by atoms with Crippen LogP contribution in [0.15, 0.2) is 11.4 Å². The summed E-state index contributed by atoms with van der Waals surface area (Å²) in [6.45, 7) is 1.37. The Balaban J connectivity index is 1.74. The monoisotopic (exact) mass is 254 g/mol. The number of rotatable bonds is 5. The maximum absolute atomic E-state index is 11.0. The SMILES string of the molecule is O=C1CCC(CNCc2cc(C(=O)O)cs2)N1. The van der Waals surface area contributed by atoms with Crippen molar-refractivity contribution in [2.45, 2.75) is 25.4 Å². The molecular formula is C11H14N2O3S. The van der Waals surface area contributed by atoms with Crippen LogP contribution in [0.5, 0.6) is 0 Å². The van der Waals surface area contributed by atoms with Gasteiger partial charge in [-0.1, -0.05) is 0 Å². The summed E-state index contributed by atoms with van der Waals surface area (Å²) in [7, 11) is 0. The van der Waals surface area contributed by atoms with E-state index in [-0.39, 0.29) is 11.9 Å². The van der Waals surface area contributed by atoms with E-state index in [0.29, 0.717) is 18.5 Å². The molecule has 1 atom stereocenters. The molecule has 1 aromatic rings. The minimum atomic E-state index is -0.893. The molecule has 1 aliphatic heterocycles. The topological polar surface area (TPSA) is 78.4 Å². The molecule has 1 saturated heterocycles. The number of carboxylic acid groups (broad SMARTS) is 1. The van der Waals surface area contributed by atoms with E-state index >= 15 is 0 Å². The van der Waals surface area contributed by atoms with E-state index in [1.165, 1.54) is 11.3 Å². The normalized spacial score (nSPS) is 19.3. The lowest BCUT2D eigenvalue weighted by molar-refractivity contribution is -0.119. The third-order valence-electron chi connectivity index (χ3n) is 2.68. The number of aromatic carboxylic acids is 1. The number of carbonyl (C=O) groups is 2. The van der Waals surface area contributed by atoms with Crippen LogP contribution in [-0.4, -0.2) is 29.6 Å². The molecule has 0 saturated carbocycles. The summed E-state index contributed by atoms with van der Waals surface area (Å²) in [6, 6.07) is 1.88. The minimum Gasteiger partial charge on any atom is -0.478 e. The van der Waals surface area contributed by atoms with Crippen molar-refractivity contribution in [2.24, 2.45) is 0 Å². The molecule has 2 heterocycles. The van der Waals surface area contributed by atoms with Crippen molar-refractivity contribution in [2.75, 3.05) is 6.54 Å². The molecule has 0 aliphatic carbocycles. The van der Waals surface area contributed by atoms with Crippen LogP contribution in [0.25, 0.3) is 0 Å². The molecule has 2 rings (SSSR count). The van der Waals surface area contributed by atoms with Gasteiger partial charge in [0.2, 0.25) is 5.91 Å². The Hall–Kier alpha value is -1.40. The molecule has 92 valence electrons. The Morgan fingerprint density at radius 2 is 2.47 bits per heavy atom. The molecule has 1 aromatic heterocycles. The van der Waals surface area contributed by atoms with E-state index in [1.807, 2.05) is 0 Å². The van der Waals surface area contributed by atoms with Crippen molar-refractivity contribution in [3.8, 4) is 0 Å². The average Bonchev–Trinajstić information content (AvgIpc) is 2.88. The van der Waals surface area contributed by atoms with Gasteiger partial charge in [0.05, 0.1) is 5.56 Å². The van der Waals surface area contributed by atoms with Crippen LogP contribution in [0.2, 0.25) is 0 Å². The van der Waals surface area contributed by atoms with E-state index in [1.54, 1.807) is 11.4 Å². The molecule has 17 heavy (non-hydrogen) atoms. The first-order valence-corrected chi connectivity index (χ1v) is 6.34. The first-order valence-electron chi connectivity index (χ1n) is 5.46. The number of carbonyl (C=O) groups excluding carboxylic acids is 1. The predicted molar refractivity (Wildman–Crippen MR) is 64.1 cm³/mol. The van der Waals surface area contributed by atoms with Gasteiger partial charge in [0, 0.05) is 35.8 Å². The fourth-order valence-electron chi connectivity index (χ4n) is 1.79. The average molecular weight is 254 g/mol. The molecule has 1 amide bonds. The van der Waals surface area contributed by atoms with Crippen LogP contribution in [0.3, 0.4) is 0 Å². The second-order valence-electron chi connectivity index (χ2n) is 4.04. The van der Waals surface area contributed by atoms with Gasteiger partial charge < -0.3 is 15.7 Å². The van der Waals surface area contributed by atoms with E-state index in [4.69, 9.17) is 5.11 Å². The van der Waals surface area contributed by atoms with E-state index in [2.05, 4.69) is 10.6 Å². The molecule has 1 fully saturated rings. The van der Waals surface area contributed by atoms with Gasteiger partial charge in [-0.3, -0.25) is 4.79 Å². The molecule has 3 N–H and O–H groups in total. The second kappa shape index (κ2) is 5.29. The van der Waals surface area contributed by atoms with Crippen molar-refractivity contribution in [1.82, 2.24) is 10.6 Å². The van der Waals surface area contributed by atoms with Gasteiger partial charge in [0.1, 0.15) is 0 Å². The van der Waals surface area contributed by atoms with Gasteiger partial charge in [-0.25, -0.2) is 4.79 Å². The molecule has 0 spiro atoms. The zero-order valence-electron chi connectivity index (χ0n) is 9.23. The summed E-state index contributed by atoms with van der Waals surface area (Å²) < 4.78 is 0. The lowest BCUT2D eigenvalue weighted by Gasteiger charge is -2.10. The Morgan fingerprint density at radius 1 is 1.65 bits per heavy atom. The van der Waals surface area contributed by atoms with Crippen LogP contribution in [0, 0.1) is 0 Å². The summed E-state index contributed by atoms with van der Waals surface area (Å²) in [5.41, 5.74) is 0.334. The van der Waals surface area contributed by atoms with Gasteiger partial charge >= 0.3 is 5.97 Å². The van der Waals surface area contributed by atoms with E-state index in [0.717, 1.165) is 17.8 Å². The Bertz CT molecular complexity index is 430. The summed E-state index contributed by atoms with van der Waals surface area (Å²) in [4.78, 5) is 22.6. The molecule has 0 bridgehead atoms. The van der Waals surface area contributed by atoms with Crippen LogP contribution >= 0.6 is 11.3 Å². The summed E-state index contributed by atoms with van der Waals surface area (Å²) in [5, 5.41) is 16.5. The fraction of sp³-hybridized carbons (Fsp3) is 0.455. The number of hydrogen-bond acceptors (Lipinski definition) is 4. The van der Waals surface area contributed by atoms with Crippen LogP contribution in [0.1, 0.15) is 28.1 Å². The van der Waals surface area contributed by atoms with Gasteiger partial charge in [0.25, 0.3) is 0 Å². The summed E-state index contributed by atoms with van der Waals surface area (Å²) >= 11 is 1.43. The fourth-order valence-corrected chi connectivity index (χ4v) is 2.61. The van der Waals surface area contributed by atoms with Crippen LogP contribution in [-0.2, 0) is 11.3 Å². The molecular weight excluding hydrogens is 240 g/mol. The quantitative estimate of drug-likeness (QED) is 0.726. The number of hydrogen-bond donors (Lipinski definition) is 3. The Kier molecular flexibility index (Phi) is 3.75.